The Morgan fingerprint density at radius 2 is 1.53 bits per heavy atom. The molecule has 0 heterocycles. The Kier molecular flexibility index (Phi) is 12.8. The third-order valence-electron chi connectivity index (χ3n) is 7.48. The first-order valence-corrected chi connectivity index (χ1v) is 15.4. The Balaban J connectivity index is 1.85. The number of aliphatic hydroxyl groups is 1. The summed E-state index contributed by atoms with van der Waals surface area (Å²) >= 11 is 0. The minimum atomic E-state index is -0.855. The Hall–Kier alpha value is -3.68. The molecule has 0 fully saturated rings. The molecule has 7 nitrogen and oxygen atoms in total. The number of nitrogens with one attached hydrogen (secondary N) is 2. The summed E-state index contributed by atoms with van der Waals surface area (Å²) in [5, 5.41) is 17.7. The van der Waals surface area contributed by atoms with Crippen molar-refractivity contribution in [3.63, 3.8) is 0 Å². The monoisotopic (exact) mass is 587 g/mol. The molecule has 3 rings (SSSR count). The number of benzene rings is 3. The molecule has 0 unspecified atom stereocenters. The van der Waals surface area contributed by atoms with Gasteiger partial charge in [0.05, 0.1) is 19.3 Å². The first-order valence-electron chi connectivity index (χ1n) is 15.4. The van der Waals surface area contributed by atoms with Crippen molar-refractivity contribution in [1.29, 1.82) is 0 Å². The van der Waals surface area contributed by atoms with Gasteiger partial charge in [-0.05, 0) is 71.7 Å². The van der Waals surface area contributed by atoms with Gasteiger partial charge in [0.2, 0.25) is 0 Å². The molecule has 0 saturated heterocycles. The molecule has 0 aliphatic heterocycles. The maximum Gasteiger partial charge on any atom is 0.253 e. The summed E-state index contributed by atoms with van der Waals surface area (Å²) in [7, 11) is 1.63. The number of carbonyl (C=O) groups excluding carboxylic acids is 2. The van der Waals surface area contributed by atoms with E-state index >= 15 is 0 Å². The molecule has 43 heavy (non-hydrogen) atoms. The van der Waals surface area contributed by atoms with Gasteiger partial charge < -0.3 is 25.4 Å². The van der Waals surface area contributed by atoms with E-state index < -0.39 is 12.1 Å². The summed E-state index contributed by atoms with van der Waals surface area (Å²) in [6.07, 6.45) is 1.33. The summed E-state index contributed by atoms with van der Waals surface area (Å²) < 4.78 is 5.31. The highest BCUT2D eigenvalue weighted by molar-refractivity contribution is 6.00. The van der Waals surface area contributed by atoms with Crippen LogP contribution in [0.2, 0.25) is 0 Å². The number of aliphatic hydroxyl groups excluding tert-OH is 1. The van der Waals surface area contributed by atoms with E-state index in [4.69, 9.17) is 4.74 Å². The van der Waals surface area contributed by atoms with Crippen molar-refractivity contribution in [3.8, 4) is 5.75 Å². The lowest BCUT2D eigenvalue weighted by molar-refractivity contribution is 0.0755. The number of rotatable bonds is 15. The van der Waals surface area contributed by atoms with E-state index in [0.717, 1.165) is 35.3 Å². The van der Waals surface area contributed by atoms with Gasteiger partial charge in [-0.3, -0.25) is 9.59 Å². The standard InChI is InChI=1S/C36H49N3O4/c1-7-17-39(18-8-2)35(42)29-21-28(22-30(23-29)36(3,4)5)34(41)38-32(20-26-13-10-9-11-14-26)33(40)25-37-24-27-15-12-16-31(19-27)43-6/h9-16,19,21-23,32-33,37,40H,7-8,17-18,20,24-25H2,1-6H3,(H,38,41)/t32-,33+/m0/s1. The van der Waals surface area contributed by atoms with Crippen LogP contribution in [0, 0.1) is 0 Å². The number of methoxy groups -OCH3 is 1. The maximum atomic E-state index is 13.8. The molecular formula is C36H49N3O4. The van der Waals surface area contributed by atoms with Crippen LogP contribution in [0.1, 0.15) is 84.9 Å². The van der Waals surface area contributed by atoms with Crippen LogP contribution >= 0.6 is 0 Å². The molecule has 0 bridgehead atoms. The topological polar surface area (TPSA) is 90.9 Å². The summed E-state index contributed by atoms with van der Waals surface area (Å²) in [4.78, 5) is 29.2. The van der Waals surface area contributed by atoms with Crippen molar-refractivity contribution in [2.75, 3.05) is 26.7 Å². The predicted molar refractivity (Wildman–Crippen MR) is 174 cm³/mol. The summed E-state index contributed by atoms with van der Waals surface area (Å²) in [6.45, 7) is 12.5. The molecule has 0 radical (unpaired) electrons. The second kappa shape index (κ2) is 16.2. The van der Waals surface area contributed by atoms with Gasteiger partial charge >= 0.3 is 0 Å². The van der Waals surface area contributed by atoms with Crippen molar-refractivity contribution in [2.45, 2.75) is 78.0 Å². The highest BCUT2D eigenvalue weighted by Crippen LogP contribution is 2.26. The Bertz CT molecular complexity index is 1310. The van der Waals surface area contributed by atoms with Crippen LogP contribution in [0.15, 0.2) is 72.8 Å². The highest BCUT2D eigenvalue weighted by atomic mass is 16.5. The fraction of sp³-hybridized carbons (Fsp3) is 0.444. The van der Waals surface area contributed by atoms with Crippen LogP contribution in [0.5, 0.6) is 5.75 Å². The Morgan fingerprint density at radius 1 is 0.884 bits per heavy atom. The quantitative estimate of drug-likeness (QED) is 0.211. The van der Waals surface area contributed by atoms with Crippen molar-refractivity contribution < 1.29 is 19.4 Å². The summed E-state index contributed by atoms with van der Waals surface area (Å²) in [5.41, 5.74) is 3.62. The fourth-order valence-electron chi connectivity index (χ4n) is 5.04. The molecule has 3 aromatic carbocycles. The summed E-state index contributed by atoms with van der Waals surface area (Å²) in [6, 6.07) is 22.5. The number of hydrogen-bond donors (Lipinski definition) is 3. The van der Waals surface area contributed by atoms with Gasteiger partial charge in [-0.25, -0.2) is 0 Å². The molecule has 2 amide bonds. The molecular weight excluding hydrogens is 538 g/mol. The Morgan fingerprint density at radius 3 is 2.16 bits per heavy atom. The van der Waals surface area contributed by atoms with Crippen LogP contribution in [-0.2, 0) is 18.4 Å². The molecule has 2 atom stereocenters. The third kappa shape index (κ3) is 10.2. The lowest BCUT2D eigenvalue weighted by Crippen LogP contribution is -2.48. The van der Waals surface area contributed by atoms with E-state index in [1.54, 1.807) is 13.2 Å². The van der Waals surface area contributed by atoms with Gasteiger partial charge in [0.15, 0.2) is 0 Å². The van der Waals surface area contributed by atoms with E-state index in [-0.39, 0.29) is 23.8 Å². The van der Waals surface area contributed by atoms with Crippen molar-refractivity contribution in [1.82, 2.24) is 15.5 Å². The zero-order valence-corrected chi connectivity index (χ0v) is 26.7. The average molecular weight is 588 g/mol. The number of nitrogens with zero attached hydrogens (tertiary/aromatic N) is 1. The van der Waals surface area contributed by atoms with E-state index in [2.05, 4.69) is 45.3 Å². The molecule has 7 heteroatoms. The average Bonchev–Trinajstić information content (AvgIpc) is 3.00. The zero-order chi connectivity index (χ0) is 31.4. The van der Waals surface area contributed by atoms with E-state index in [1.165, 1.54) is 0 Å². The van der Waals surface area contributed by atoms with Crippen molar-refractivity contribution in [3.05, 3.63) is 101 Å². The molecule has 3 aromatic rings. The largest absolute Gasteiger partial charge is 0.497 e. The molecule has 3 N–H and O–H groups in total. The molecule has 232 valence electrons. The number of amides is 2. The maximum absolute atomic E-state index is 13.8. The highest BCUT2D eigenvalue weighted by Gasteiger charge is 2.26. The Labute approximate surface area is 257 Å². The van der Waals surface area contributed by atoms with E-state index in [9.17, 15) is 14.7 Å². The number of hydrogen-bond acceptors (Lipinski definition) is 5. The molecule has 0 saturated carbocycles. The zero-order valence-electron chi connectivity index (χ0n) is 26.7. The fourth-order valence-corrected chi connectivity index (χ4v) is 5.04. The van der Waals surface area contributed by atoms with Gasteiger partial charge in [0.1, 0.15) is 5.75 Å². The molecule has 0 aromatic heterocycles. The van der Waals surface area contributed by atoms with Crippen molar-refractivity contribution >= 4 is 11.8 Å². The second-order valence-electron chi connectivity index (χ2n) is 12.2. The molecule has 0 aliphatic rings. The van der Waals surface area contributed by atoms with E-state index in [1.807, 2.05) is 71.6 Å². The van der Waals surface area contributed by atoms with Crippen molar-refractivity contribution in [2.24, 2.45) is 0 Å². The lowest BCUT2D eigenvalue weighted by atomic mass is 9.84. The predicted octanol–water partition coefficient (Wildman–Crippen LogP) is 5.75. The van der Waals surface area contributed by atoms with Crippen LogP contribution in [0.25, 0.3) is 0 Å². The summed E-state index contributed by atoms with van der Waals surface area (Å²) in [5.74, 6) is 0.397. The number of carbonyl (C=O) groups is 2. The van der Waals surface area contributed by atoms with Crippen LogP contribution in [0.3, 0.4) is 0 Å². The SMILES string of the molecule is CCCN(CCC)C(=O)c1cc(C(=O)N[C@@H](Cc2ccccc2)[C@H](O)CNCc2cccc(OC)c2)cc(C(C)(C)C)c1. The second-order valence-corrected chi connectivity index (χ2v) is 12.2. The van der Waals surface area contributed by atoms with Gasteiger partial charge in [-0.1, -0.05) is 77.1 Å². The third-order valence-corrected chi connectivity index (χ3v) is 7.48. The van der Waals surface area contributed by atoms with Gasteiger partial charge in [-0.2, -0.15) is 0 Å². The van der Waals surface area contributed by atoms with Crippen LogP contribution < -0.4 is 15.4 Å². The normalized spacial score (nSPS) is 12.8. The van der Waals surface area contributed by atoms with Crippen LogP contribution in [-0.4, -0.2) is 60.7 Å². The smallest absolute Gasteiger partial charge is 0.253 e. The van der Waals surface area contributed by atoms with Crippen LogP contribution in [0.4, 0.5) is 0 Å². The van der Waals surface area contributed by atoms with Gasteiger partial charge in [0.25, 0.3) is 11.8 Å². The first kappa shape index (κ1) is 33.8. The minimum absolute atomic E-state index is 0.0635. The molecule has 0 aliphatic carbocycles. The van der Waals surface area contributed by atoms with Gasteiger partial charge in [-0.15, -0.1) is 0 Å². The first-order chi connectivity index (χ1) is 20.5. The lowest BCUT2D eigenvalue weighted by Gasteiger charge is -2.27. The van der Waals surface area contributed by atoms with E-state index in [0.29, 0.717) is 37.2 Å². The minimum Gasteiger partial charge on any atom is -0.497 e. The van der Waals surface area contributed by atoms with Gasteiger partial charge in [0, 0.05) is 37.3 Å². The number of ether oxygens (including phenoxy) is 1. The molecule has 0 spiro atoms.